The number of anilines is 1. The van der Waals surface area contributed by atoms with Gasteiger partial charge in [-0.25, -0.2) is 0 Å². The molecular weight excluding hydrogens is 192 g/mol. The molecule has 15 heavy (non-hydrogen) atoms. The number of nitrogens with one attached hydrogen (secondary N) is 1. The van der Waals surface area contributed by atoms with Gasteiger partial charge >= 0.3 is 0 Å². The van der Waals surface area contributed by atoms with E-state index in [4.69, 9.17) is 0 Å². The van der Waals surface area contributed by atoms with E-state index in [2.05, 4.69) is 5.32 Å². The molecular formula is C11H14N2O2. The van der Waals surface area contributed by atoms with Gasteiger partial charge in [-0.1, -0.05) is 18.2 Å². The highest BCUT2D eigenvalue weighted by Gasteiger charge is 2.09. The Morgan fingerprint density at radius 1 is 1.27 bits per heavy atom. The van der Waals surface area contributed by atoms with Gasteiger partial charge < -0.3 is 10.2 Å². The molecule has 0 unspecified atom stereocenters. The van der Waals surface area contributed by atoms with E-state index in [1.165, 1.54) is 11.8 Å². The van der Waals surface area contributed by atoms with Gasteiger partial charge in [0, 0.05) is 19.7 Å². The molecule has 1 N–H and O–H groups in total. The highest BCUT2D eigenvalue weighted by Crippen LogP contribution is 2.10. The Balaban J connectivity index is 2.57. The van der Waals surface area contributed by atoms with Crippen LogP contribution in [0.2, 0.25) is 0 Å². The van der Waals surface area contributed by atoms with Crippen molar-refractivity contribution in [1.29, 1.82) is 0 Å². The molecule has 1 aromatic carbocycles. The van der Waals surface area contributed by atoms with Crippen molar-refractivity contribution in [3.05, 3.63) is 30.3 Å². The van der Waals surface area contributed by atoms with Crippen molar-refractivity contribution in [3.8, 4) is 0 Å². The first-order valence-electron chi connectivity index (χ1n) is 4.67. The molecule has 1 aromatic rings. The second kappa shape index (κ2) is 5.14. The van der Waals surface area contributed by atoms with E-state index < -0.39 is 0 Å². The largest absolute Gasteiger partial charge is 0.347 e. The van der Waals surface area contributed by atoms with E-state index in [0.29, 0.717) is 0 Å². The summed E-state index contributed by atoms with van der Waals surface area (Å²) < 4.78 is 0. The number of amides is 2. The first-order chi connectivity index (χ1) is 7.11. The Hall–Kier alpha value is -1.84. The molecule has 0 aliphatic carbocycles. The van der Waals surface area contributed by atoms with Crippen molar-refractivity contribution in [2.75, 3.05) is 18.5 Å². The molecule has 0 heterocycles. The zero-order chi connectivity index (χ0) is 11.3. The number of hydrogen-bond donors (Lipinski definition) is 1. The predicted molar refractivity (Wildman–Crippen MR) is 58.5 cm³/mol. The van der Waals surface area contributed by atoms with Crippen LogP contribution in [0.1, 0.15) is 6.92 Å². The highest BCUT2D eigenvalue weighted by molar-refractivity contribution is 5.95. The topological polar surface area (TPSA) is 49.4 Å². The van der Waals surface area contributed by atoms with E-state index in [1.54, 1.807) is 7.05 Å². The highest BCUT2D eigenvalue weighted by atomic mass is 16.2. The molecule has 0 bridgehead atoms. The fourth-order valence-corrected chi connectivity index (χ4v) is 1.11. The predicted octanol–water partition coefficient (Wildman–Crippen LogP) is 0.785. The van der Waals surface area contributed by atoms with Crippen LogP contribution in [0.4, 0.5) is 5.69 Å². The Kier molecular flexibility index (Phi) is 3.85. The molecule has 0 atom stereocenters. The average Bonchev–Trinajstić information content (AvgIpc) is 2.26. The number of benzene rings is 1. The maximum atomic E-state index is 11.6. The van der Waals surface area contributed by atoms with Gasteiger partial charge in [0.25, 0.3) is 0 Å². The average molecular weight is 206 g/mol. The Morgan fingerprint density at radius 3 is 2.40 bits per heavy atom. The van der Waals surface area contributed by atoms with Crippen molar-refractivity contribution in [2.24, 2.45) is 0 Å². The van der Waals surface area contributed by atoms with E-state index >= 15 is 0 Å². The first kappa shape index (κ1) is 11.2. The van der Waals surface area contributed by atoms with Crippen molar-refractivity contribution in [2.45, 2.75) is 6.92 Å². The number of para-hydroxylation sites is 1. The monoisotopic (exact) mass is 206 g/mol. The summed E-state index contributed by atoms with van der Waals surface area (Å²) in [5.41, 5.74) is 0.813. The van der Waals surface area contributed by atoms with E-state index in [-0.39, 0.29) is 18.4 Å². The summed E-state index contributed by atoms with van der Waals surface area (Å²) in [7, 11) is 1.68. The molecule has 0 saturated carbocycles. The van der Waals surface area contributed by atoms with Crippen molar-refractivity contribution < 1.29 is 9.59 Å². The van der Waals surface area contributed by atoms with E-state index in [0.717, 1.165) is 5.69 Å². The lowest BCUT2D eigenvalue weighted by molar-refractivity contribution is -0.123. The second-order valence-electron chi connectivity index (χ2n) is 3.20. The number of carbonyl (C=O) groups excluding carboxylic acids is 2. The maximum Gasteiger partial charge on any atom is 0.246 e. The third kappa shape index (κ3) is 3.42. The van der Waals surface area contributed by atoms with Gasteiger partial charge in [-0.2, -0.15) is 0 Å². The lowest BCUT2D eigenvalue weighted by Crippen LogP contribution is -2.37. The summed E-state index contributed by atoms with van der Waals surface area (Å²) in [6, 6.07) is 9.28. The quantitative estimate of drug-likeness (QED) is 0.794. The van der Waals surface area contributed by atoms with Crippen molar-refractivity contribution >= 4 is 17.5 Å². The van der Waals surface area contributed by atoms with Gasteiger partial charge in [0.05, 0.1) is 6.54 Å². The summed E-state index contributed by atoms with van der Waals surface area (Å²) in [5, 5.41) is 2.47. The zero-order valence-corrected chi connectivity index (χ0v) is 8.86. The van der Waals surface area contributed by atoms with Gasteiger partial charge in [-0.05, 0) is 12.1 Å². The molecule has 0 aliphatic rings. The number of hydrogen-bond acceptors (Lipinski definition) is 2. The fraction of sp³-hybridized carbons (Fsp3) is 0.273. The lowest BCUT2D eigenvalue weighted by atomic mass is 10.3. The molecule has 0 fully saturated rings. The molecule has 4 heteroatoms. The minimum absolute atomic E-state index is 0.0285. The lowest BCUT2D eigenvalue weighted by Gasteiger charge is -2.17. The van der Waals surface area contributed by atoms with E-state index in [1.807, 2.05) is 30.3 Å². The van der Waals surface area contributed by atoms with Gasteiger partial charge in [0.15, 0.2) is 0 Å². The number of likely N-dealkylation sites (N-methyl/N-ethyl adjacent to an activating group) is 1. The van der Waals surface area contributed by atoms with Crippen LogP contribution in [0.25, 0.3) is 0 Å². The third-order valence-electron chi connectivity index (χ3n) is 2.01. The smallest absolute Gasteiger partial charge is 0.246 e. The molecule has 0 aromatic heterocycles. The summed E-state index contributed by atoms with van der Waals surface area (Å²) in [6.45, 7) is 1.41. The second-order valence-corrected chi connectivity index (χ2v) is 3.20. The molecule has 2 amide bonds. The van der Waals surface area contributed by atoms with Crippen LogP contribution in [-0.4, -0.2) is 25.4 Å². The van der Waals surface area contributed by atoms with E-state index in [9.17, 15) is 9.59 Å². The summed E-state index contributed by atoms with van der Waals surface area (Å²) >= 11 is 0. The normalized spacial score (nSPS) is 9.47. The SMILES string of the molecule is CC(=O)NCC(=O)N(C)c1ccccc1. The van der Waals surface area contributed by atoms with Crippen molar-refractivity contribution in [3.63, 3.8) is 0 Å². The van der Waals surface area contributed by atoms with Crippen molar-refractivity contribution in [1.82, 2.24) is 5.32 Å². The van der Waals surface area contributed by atoms with Crippen LogP contribution < -0.4 is 10.2 Å². The molecule has 80 valence electrons. The summed E-state index contributed by atoms with van der Waals surface area (Å²) in [5.74, 6) is -0.346. The Labute approximate surface area is 88.9 Å². The maximum absolute atomic E-state index is 11.6. The molecule has 0 radical (unpaired) electrons. The Morgan fingerprint density at radius 2 is 1.87 bits per heavy atom. The van der Waals surface area contributed by atoms with Crippen LogP contribution in [0.5, 0.6) is 0 Å². The Bertz CT molecular complexity index is 349. The number of carbonyl (C=O) groups is 2. The van der Waals surface area contributed by atoms with Crippen LogP contribution in [0, 0.1) is 0 Å². The third-order valence-corrected chi connectivity index (χ3v) is 2.01. The summed E-state index contributed by atoms with van der Waals surface area (Å²) in [6.07, 6.45) is 0. The molecule has 4 nitrogen and oxygen atoms in total. The van der Waals surface area contributed by atoms with Gasteiger partial charge in [-0.3, -0.25) is 9.59 Å². The van der Waals surface area contributed by atoms with Crippen LogP contribution in [0.15, 0.2) is 30.3 Å². The molecule has 0 spiro atoms. The number of rotatable bonds is 3. The summed E-state index contributed by atoms with van der Waals surface area (Å²) in [4.78, 5) is 23.7. The van der Waals surface area contributed by atoms with Crippen LogP contribution in [-0.2, 0) is 9.59 Å². The standard InChI is InChI=1S/C11H14N2O2/c1-9(14)12-8-11(15)13(2)10-6-4-3-5-7-10/h3-7H,8H2,1-2H3,(H,12,14). The first-order valence-corrected chi connectivity index (χ1v) is 4.67. The number of nitrogens with zero attached hydrogens (tertiary/aromatic N) is 1. The molecule has 0 saturated heterocycles. The zero-order valence-electron chi connectivity index (χ0n) is 8.86. The van der Waals surface area contributed by atoms with Gasteiger partial charge in [0.2, 0.25) is 11.8 Å². The molecule has 0 aliphatic heterocycles. The molecule has 1 rings (SSSR count). The van der Waals surface area contributed by atoms with Gasteiger partial charge in [0.1, 0.15) is 0 Å². The van der Waals surface area contributed by atoms with Gasteiger partial charge in [-0.15, -0.1) is 0 Å². The fourth-order valence-electron chi connectivity index (χ4n) is 1.11. The minimum Gasteiger partial charge on any atom is -0.347 e. The van der Waals surface area contributed by atoms with Crippen LogP contribution >= 0.6 is 0 Å². The minimum atomic E-state index is -0.204. The van der Waals surface area contributed by atoms with Crippen LogP contribution in [0.3, 0.4) is 0 Å².